The summed E-state index contributed by atoms with van der Waals surface area (Å²) in [4.78, 5) is 23.0. The minimum absolute atomic E-state index is 0.0316. The third kappa shape index (κ3) is 5.73. The molecule has 0 amide bonds. The molecule has 0 heterocycles. The second-order valence-corrected chi connectivity index (χ2v) is 14.0. The zero-order chi connectivity index (χ0) is 26.1. The molecule has 4 aliphatic carbocycles. The van der Waals surface area contributed by atoms with Crippen molar-refractivity contribution in [3.05, 3.63) is 11.6 Å². The second kappa shape index (κ2) is 11.2. The molecule has 0 aromatic rings. The lowest BCUT2D eigenvalue weighted by Crippen LogP contribution is -2.50. The summed E-state index contributed by atoms with van der Waals surface area (Å²) in [6.45, 7) is 12.4. The molecule has 0 aromatic carbocycles. The molecule has 0 aromatic heterocycles. The number of carbonyl (C=O) groups is 2. The van der Waals surface area contributed by atoms with Crippen molar-refractivity contribution in [1.29, 1.82) is 0 Å². The van der Waals surface area contributed by atoms with Crippen LogP contribution >= 0.6 is 0 Å². The first-order valence-corrected chi connectivity index (χ1v) is 15.1. The highest BCUT2D eigenvalue weighted by Crippen LogP contribution is 2.67. The van der Waals surface area contributed by atoms with Gasteiger partial charge in [-0.05, 0) is 104 Å². The summed E-state index contributed by atoms with van der Waals surface area (Å²) in [5, 5.41) is 8.81. The van der Waals surface area contributed by atoms with Crippen LogP contribution in [-0.4, -0.2) is 23.1 Å². The van der Waals surface area contributed by atoms with Crippen LogP contribution in [0.3, 0.4) is 0 Å². The van der Waals surface area contributed by atoms with Gasteiger partial charge < -0.3 is 9.84 Å². The maximum atomic E-state index is 12.3. The first kappa shape index (κ1) is 27.7. The van der Waals surface area contributed by atoms with Gasteiger partial charge in [-0.1, -0.05) is 59.1 Å². The Morgan fingerprint density at radius 1 is 1.03 bits per heavy atom. The fraction of sp³-hybridized carbons (Fsp3) is 0.875. The van der Waals surface area contributed by atoms with Crippen molar-refractivity contribution in [3.63, 3.8) is 0 Å². The molecule has 0 spiro atoms. The van der Waals surface area contributed by atoms with E-state index in [-0.39, 0.29) is 30.3 Å². The molecule has 4 heteroatoms. The van der Waals surface area contributed by atoms with Gasteiger partial charge in [-0.3, -0.25) is 9.59 Å². The van der Waals surface area contributed by atoms with E-state index < -0.39 is 5.97 Å². The van der Waals surface area contributed by atoms with Crippen LogP contribution < -0.4 is 0 Å². The van der Waals surface area contributed by atoms with Gasteiger partial charge in [-0.25, -0.2) is 0 Å². The molecular weight excluding hydrogens is 448 g/mol. The number of aliphatic carboxylic acids is 1. The number of carbonyl (C=O) groups excluding carboxylic acids is 1. The van der Waals surface area contributed by atoms with Crippen molar-refractivity contribution in [3.8, 4) is 0 Å². The normalized spacial score (nSPS) is 38.5. The van der Waals surface area contributed by atoms with Crippen LogP contribution in [0.2, 0.25) is 0 Å². The first-order chi connectivity index (χ1) is 17.0. The van der Waals surface area contributed by atoms with Crippen molar-refractivity contribution in [2.75, 3.05) is 0 Å². The van der Waals surface area contributed by atoms with Crippen molar-refractivity contribution in [2.45, 2.75) is 131 Å². The number of ether oxygens (including phenoxy) is 1. The van der Waals surface area contributed by atoms with E-state index in [1.807, 2.05) is 0 Å². The molecule has 4 nitrogen and oxygen atoms in total. The Morgan fingerprint density at radius 3 is 2.53 bits per heavy atom. The van der Waals surface area contributed by atoms with E-state index in [2.05, 4.69) is 40.7 Å². The molecule has 8 unspecified atom stereocenters. The lowest BCUT2D eigenvalue weighted by atomic mass is 9.47. The van der Waals surface area contributed by atoms with Crippen LogP contribution in [0.5, 0.6) is 0 Å². The standard InChI is InChI=1S/C32H52O4/c1-21(2)9-10-22(3)19-23-12-14-27-26-13-11-24-20-25(36-30(35)8-6-7-29(33)34)15-17-31(24,4)28(26)16-18-32(23,27)5/h11,21-23,25-28H,6-10,12-20H2,1-5H3,(H,33,34). The molecule has 204 valence electrons. The number of hydrogen-bond acceptors (Lipinski definition) is 3. The van der Waals surface area contributed by atoms with Gasteiger partial charge in [0.1, 0.15) is 6.10 Å². The van der Waals surface area contributed by atoms with Gasteiger partial charge in [0.2, 0.25) is 0 Å². The number of carboxylic acid groups (broad SMARTS) is 1. The lowest BCUT2D eigenvalue weighted by molar-refractivity contribution is -0.151. The SMILES string of the molecule is CC(C)CCC(C)CC1CCC2C3CC=C4CC(OC(=O)CCCC(=O)O)CCC4(C)C3CCC12C. The van der Waals surface area contributed by atoms with Crippen LogP contribution in [0, 0.1) is 46.3 Å². The van der Waals surface area contributed by atoms with E-state index in [9.17, 15) is 9.59 Å². The summed E-state index contributed by atoms with van der Waals surface area (Å²) in [6.07, 6.45) is 17.1. The minimum atomic E-state index is -0.851. The van der Waals surface area contributed by atoms with Crippen LogP contribution in [0.25, 0.3) is 0 Å². The Labute approximate surface area is 220 Å². The predicted octanol–water partition coefficient (Wildman–Crippen LogP) is 8.19. The van der Waals surface area contributed by atoms with Crippen molar-refractivity contribution in [2.24, 2.45) is 46.3 Å². The Balaban J connectivity index is 1.37. The molecule has 3 fully saturated rings. The maximum absolute atomic E-state index is 12.3. The molecular formula is C32H52O4. The average molecular weight is 501 g/mol. The number of hydrogen-bond donors (Lipinski definition) is 1. The first-order valence-electron chi connectivity index (χ1n) is 15.1. The molecule has 4 rings (SSSR count). The molecule has 4 aliphatic rings. The maximum Gasteiger partial charge on any atom is 0.306 e. The van der Waals surface area contributed by atoms with E-state index in [1.165, 1.54) is 51.4 Å². The van der Waals surface area contributed by atoms with E-state index in [0.717, 1.165) is 54.8 Å². The van der Waals surface area contributed by atoms with Crippen LogP contribution in [-0.2, 0) is 14.3 Å². The van der Waals surface area contributed by atoms with Crippen LogP contribution in [0.15, 0.2) is 11.6 Å². The average Bonchev–Trinajstić information content (AvgIpc) is 3.13. The highest BCUT2D eigenvalue weighted by molar-refractivity contribution is 5.71. The van der Waals surface area contributed by atoms with Crippen molar-refractivity contribution < 1.29 is 19.4 Å². The quantitative estimate of drug-likeness (QED) is 0.242. The summed E-state index contributed by atoms with van der Waals surface area (Å²) in [5.74, 6) is 3.96. The van der Waals surface area contributed by atoms with Gasteiger partial charge in [-0.15, -0.1) is 0 Å². The Kier molecular flexibility index (Phi) is 8.62. The van der Waals surface area contributed by atoms with Gasteiger partial charge in [0, 0.05) is 19.3 Å². The lowest BCUT2D eigenvalue weighted by Gasteiger charge is -2.58. The smallest absolute Gasteiger partial charge is 0.306 e. The zero-order valence-corrected chi connectivity index (χ0v) is 23.7. The third-order valence-corrected chi connectivity index (χ3v) is 11.2. The fourth-order valence-corrected chi connectivity index (χ4v) is 9.07. The zero-order valence-electron chi connectivity index (χ0n) is 23.7. The fourth-order valence-electron chi connectivity index (χ4n) is 9.07. The highest BCUT2D eigenvalue weighted by Gasteiger charge is 2.58. The van der Waals surface area contributed by atoms with Crippen molar-refractivity contribution in [1.82, 2.24) is 0 Å². The molecule has 0 radical (unpaired) electrons. The van der Waals surface area contributed by atoms with Gasteiger partial charge in [0.25, 0.3) is 0 Å². The number of fused-ring (bicyclic) bond motifs is 5. The third-order valence-electron chi connectivity index (χ3n) is 11.2. The number of allylic oxidation sites excluding steroid dienone is 1. The summed E-state index contributed by atoms with van der Waals surface area (Å²) in [7, 11) is 0. The highest BCUT2D eigenvalue weighted by atomic mass is 16.5. The molecule has 0 aliphatic heterocycles. The predicted molar refractivity (Wildman–Crippen MR) is 144 cm³/mol. The Bertz CT molecular complexity index is 830. The largest absolute Gasteiger partial charge is 0.481 e. The number of rotatable bonds is 10. The Morgan fingerprint density at radius 2 is 1.81 bits per heavy atom. The molecule has 36 heavy (non-hydrogen) atoms. The Hall–Kier alpha value is -1.32. The van der Waals surface area contributed by atoms with Crippen LogP contribution in [0.4, 0.5) is 0 Å². The summed E-state index contributed by atoms with van der Waals surface area (Å²) < 4.78 is 5.80. The number of carboxylic acids is 1. The van der Waals surface area contributed by atoms with Crippen LogP contribution in [0.1, 0.15) is 125 Å². The van der Waals surface area contributed by atoms with E-state index >= 15 is 0 Å². The van der Waals surface area contributed by atoms with Crippen molar-refractivity contribution >= 4 is 11.9 Å². The van der Waals surface area contributed by atoms with Gasteiger partial charge in [0.05, 0.1) is 0 Å². The summed E-state index contributed by atoms with van der Waals surface area (Å²) >= 11 is 0. The summed E-state index contributed by atoms with van der Waals surface area (Å²) in [6, 6.07) is 0. The van der Waals surface area contributed by atoms with E-state index in [1.54, 1.807) is 5.57 Å². The molecule has 8 atom stereocenters. The monoisotopic (exact) mass is 500 g/mol. The van der Waals surface area contributed by atoms with Gasteiger partial charge >= 0.3 is 11.9 Å². The second-order valence-electron chi connectivity index (χ2n) is 14.0. The molecule has 0 bridgehead atoms. The van der Waals surface area contributed by atoms with E-state index in [0.29, 0.717) is 11.8 Å². The van der Waals surface area contributed by atoms with E-state index in [4.69, 9.17) is 9.84 Å². The topological polar surface area (TPSA) is 63.6 Å². The molecule has 1 N–H and O–H groups in total. The van der Waals surface area contributed by atoms with Gasteiger partial charge in [-0.2, -0.15) is 0 Å². The number of esters is 1. The molecule has 0 saturated heterocycles. The summed E-state index contributed by atoms with van der Waals surface area (Å²) in [5.41, 5.74) is 2.33. The van der Waals surface area contributed by atoms with Gasteiger partial charge in [0.15, 0.2) is 0 Å². The molecule has 3 saturated carbocycles. The minimum Gasteiger partial charge on any atom is -0.481 e.